The predicted octanol–water partition coefficient (Wildman–Crippen LogP) is 2.00. The molecule has 434 valence electrons. The smallest absolute Gasteiger partial charge is 0.335 e. The summed E-state index contributed by atoms with van der Waals surface area (Å²) in [5, 5.41) is 0.451. The molecule has 2 amide bonds. The highest BCUT2D eigenvalue weighted by Crippen LogP contribution is 2.51. The highest BCUT2D eigenvalue weighted by molar-refractivity contribution is 7.86. The molecular weight excluding hydrogens is 1110 g/mol. The maximum absolute atomic E-state index is 12.3. The summed E-state index contributed by atoms with van der Waals surface area (Å²) in [7, 11) is -17.7. The van der Waals surface area contributed by atoms with E-state index in [1.165, 1.54) is 30.3 Å². The summed E-state index contributed by atoms with van der Waals surface area (Å²) in [5.41, 5.74) is 0.418. The van der Waals surface area contributed by atoms with Crippen molar-refractivity contribution in [2.75, 3.05) is 109 Å². The highest BCUT2D eigenvalue weighted by Gasteiger charge is 2.48. The largest absolute Gasteiger partial charge is 0.748 e. The molecule has 0 aromatic heterocycles. The van der Waals surface area contributed by atoms with Gasteiger partial charge in [0, 0.05) is 72.5 Å². The van der Waals surface area contributed by atoms with Gasteiger partial charge in [-0.1, -0.05) is 18.2 Å². The van der Waals surface area contributed by atoms with Crippen LogP contribution in [-0.2, 0) is 98.9 Å². The van der Waals surface area contributed by atoms with Crippen molar-refractivity contribution < 1.29 is 104 Å². The van der Waals surface area contributed by atoms with Crippen molar-refractivity contribution in [3.63, 3.8) is 0 Å². The van der Waals surface area contributed by atoms with E-state index < -0.39 is 90.4 Å². The van der Waals surface area contributed by atoms with Gasteiger partial charge in [0.15, 0.2) is 12.3 Å². The second-order valence-electron chi connectivity index (χ2n) is 18.5. The quantitative estimate of drug-likeness (QED) is 0.0313. The molecule has 29 heteroatoms. The summed E-state index contributed by atoms with van der Waals surface area (Å²) in [6, 6.07) is 7.70. The van der Waals surface area contributed by atoms with Crippen molar-refractivity contribution in [2.45, 2.75) is 79.4 Å². The molecule has 1 fully saturated rings. The van der Waals surface area contributed by atoms with Gasteiger partial charge in [-0.15, -0.1) is 5.06 Å². The van der Waals surface area contributed by atoms with Crippen LogP contribution in [-0.4, -0.2) is 189 Å². The fraction of sp³-hybridized carbons (Fsp3) is 0.551. The van der Waals surface area contributed by atoms with Crippen LogP contribution in [0.1, 0.15) is 69.9 Å². The number of benzene rings is 2. The van der Waals surface area contributed by atoms with Gasteiger partial charge < -0.3 is 56.4 Å². The summed E-state index contributed by atoms with van der Waals surface area (Å²) in [5.74, 6) is -3.46. The number of nitrogens with zero attached hydrogens (tertiary/aromatic N) is 3. The standard InChI is InChI=1S/C49H67N3O22S4/c1-48(18-7-33-75(56,57)58)39-35-37(77(62,63)64)11-13-41(39)50(20-23-70-28-31-72-26-25-68-3)43(48)9-5-4-6-10-44-49(2,19-8-34-76(59,60)61)40-36-38(78(65,66)67)12-14-42(40)51(44)21-24-71-29-32-73-30-27-69-22-17-47(55)74-52-45(53)15-16-46(52)54/h4-6,9-14,35-36H,7-8,15-34H2,1-3H3,(H3-,56,57,58,59,60,61,62,63,64,65,66,67)/p-3. The highest BCUT2D eigenvalue weighted by atomic mass is 32.2. The summed E-state index contributed by atoms with van der Waals surface area (Å²) in [6.07, 6.45) is 7.80. The molecule has 2 atom stereocenters. The molecule has 3 aliphatic heterocycles. The van der Waals surface area contributed by atoms with E-state index in [9.17, 15) is 66.3 Å². The number of allylic oxidation sites excluding steroid dienone is 6. The summed E-state index contributed by atoms with van der Waals surface area (Å²) >= 11 is 0. The Morgan fingerprint density at radius 1 is 0.641 bits per heavy atom. The topological polar surface area (TPSA) is 354 Å². The average Bonchev–Trinajstić information content (AvgIpc) is 3.90. The number of imide groups is 1. The molecule has 0 N–H and O–H groups in total. The molecule has 0 aliphatic carbocycles. The van der Waals surface area contributed by atoms with Gasteiger partial charge >= 0.3 is 5.97 Å². The van der Waals surface area contributed by atoms with Gasteiger partial charge in [-0.25, -0.2) is 38.5 Å². The summed E-state index contributed by atoms with van der Waals surface area (Å²) in [6.45, 7) is 5.62. The van der Waals surface area contributed by atoms with E-state index in [1.807, 2.05) is 4.90 Å². The third kappa shape index (κ3) is 18.3. The molecule has 5 rings (SSSR count). The van der Waals surface area contributed by atoms with Gasteiger partial charge in [-0.3, -0.25) is 9.59 Å². The van der Waals surface area contributed by atoms with Crippen molar-refractivity contribution in [2.24, 2.45) is 0 Å². The van der Waals surface area contributed by atoms with E-state index in [0.717, 1.165) is 6.07 Å². The Bertz CT molecular complexity index is 3040. The number of methoxy groups -OCH3 is 1. The molecule has 1 saturated heterocycles. The van der Waals surface area contributed by atoms with Gasteiger partial charge in [-0.05, 0) is 81.5 Å². The molecular formula is C49H64N3O22S4-3. The fourth-order valence-corrected chi connectivity index (χ4v) is 11.2. The van der Waals surface area contributed by atoms with Crippen LogP contribution in [0.15, 0.2) is 82.3 Å². The summed E-state index contributed by atoms with van der Waals surface area (Å²) < 4.78 is 179. The van der Waals surface area contributed by atoms with Crippen LogP contribution < -0.4 is 4.90 Å². The molecule has 0 saturated carbocycles. The number of hydrogen-bond donors (Lipinski definition) is 0. The number of amides is 2. The van der Waals surface area contributed by atoms with E-state index in [1.54, 1.807) is 55.9 Å². The Morgan fingerprint density at radius 3 is 1.72 bits per heavy atom. The Balaban J connectivity index is 1.39. The van der Waals surface area contributed by atoms with Gasteiger partial charge in [0.25, 0.3) is 11.8 Å². The van der Waals surface area contributed by atoms with E-state index in [2.05, 4.69) is 0 Å². The fourth-order valence-electron chi connectivity index (χ4n) is 9.22. The van der Waals surface area contributed by atoms with E-state index >= 15 is 0 Å². The molecule has 3 heterocycles. The lowest BCUT2D eigenvalue weighted by atomic mass is 9.76. The number of fused-ring (bicyclic) bond motifs is 2. The summed E-state index contributed by atoms with van der Waals surface area (Å²) in [4.78, 5) is 40.9. The molecule has 78 heavy (non-hydrogen) atoms. The van der Waals surface area contributed by atoms with Gasteiger partial charge in [0.2, 0.25) is 5.69 Å². The molecule has 3 aliphatic rings. The Labute approximate surface area is 454 Å². The minimum atomic E-state index is -4.97. The molecule has 25 nitrogen and oxygen atoms in total. The Morgan fingerprint density at radius 2 is 1.15 bits per heavy atom. The van der Waals surface area contributed by atoms with Crippen LogP contribution in [0.4, 0.5) is 11.4 Å². The van der Waals surface area contributed by atoms with Gasteiger partial charge in [-0.2, -0.15) is 4.58 Å². The number of carbonyl (C=O) groups is 3. The molecule has 2 unspecified atom stereocenters. The molecule has 2 aromatic rings. The number of hydrogen-bond acceptors (Lipinski definition) is 23. The number of anilines is 1. The number of hydroxylamine groups is 2. The van der Waals surface area contributed by atoms with Crippen molar-refractivity contribution in [3.05, 3.63) is 83.6 Å². The number of carbonyl (C=O) groups excluding carboxylic acids is 3. The molecule has 2 aromatic carbocycles. The maximum Gasteiger partial charge on any atom is 0.335 e. The van der Waals surface area contributed by atoms with Crippen molar-refractivity contribution in [3.8, 4) is 0 Å². The van der Waals surface area contributed by atoms with Crippen LogP contribution >= 0.6 is 0 Å². The third-order valence-electron chi connectivity index (χ3n) is 13.0. The SMILES string of the molecule is COCCOCCOCCN1C(=CC=CC=CC2=[N+](CCOCCOCCOCCC(=O)ON3C(=O)CCC3=O)c3ccc(S(=O)(=O)[O-])cc3C2(C)CCCS(=O)(=O)[O-])C(C)(CCCS(=O)(=O)[O-])c2cc(S(=O)(=O)[O-])ccc21. The monoisotopic (exact) mass is 1170 g/mol. The average molecular weight is 1180 g/mol. The van der Waals surface area contributed by atoms with E-state index in [-0.39, 0.29) is 117 Å². The zero-order chi connectivity index (χ0) is 57.4. The van der Waals surface area contributed by atoms with Crippen LogP contribution in [0.5, 0.6) is 0 Å². The normalized spacial score (nSPS) is 19.6. The lowest BCUT2D eigenvalue weighted by Gasteiger charge is -2.30. The van der Waals surface area contributed by atoms with Crippen molar-refractivity contribution in [1.29, 1.82) is 0 Å². The van der Waals surface area contributed by atoms with E-state index in [0.29, 0.717) is 52.2 Å². The van der Waals surface area contributed by atoms with Crippen molar-refractivity contribution in [1.82, 2.24) is 5.06 Å². The van der Waals surface area contributed by atoms with Crippen LogP contribution in [0.25, 0.3) is 0 Å². The third-order valence-corrected chi connectivity index (χ3v) is 16.2. The first-order valence-electron chi connectivity index (χ1n) is 24.7. The maximum atomic E-state index is 12.3. The van der Waals surface area contributed by atoms with Gasteiger partial charge in [0.1, 0.15) is 26.8 Å². The zero-order valence-corrected chi connectivity index (χ0v) is 46.6. The lowest BCUT2D eigenvalue weighted by molar-refractivity contribution is -0.442. The lowest BCUT2D eigenvalue weighted by Crippen LogP contribution is -2.32. The zero-order valence-electron chi connectivity index (χ0n) is 43.4. The Kier molecular flexibility index (Phi) is 23.4. The van der Waals surface area contributed by atoms with E-state index in [4.69, 9.17) is 33.3 Å². The number of rotatable bonds is 35. The first-order chi connectivity index (χ1) is 36.7. The van der Waals surface area contributed by atoms with Crippen LogP contribution in [0.2, 0.25) is 0 Å². The first-order valence-corrected chi connectivity index (χ1v) is 30.7. The van der Waals surface area contributed by atoms with Crippen molar-refractivity contribution >= 4 is 75.3 Å². The molecule has 0 spiro atoms. The second kappa shape index (κ2) is 28.5. The molecule has 0 radical (unpaired) electrons. The Hall–Kier alpha value is -4.86. The first kappa shape index (κ1) is 64.0. The minimum Gasteiger partial charge on any atom is -0.748 e. The van der Waals surface area contributed by atoms with Crippen LogP contribution in [0, 0.1) is 0 Å². The van der Waals surface area contributed by atoms with Gasteiger partial charge in [0.05, 0.1) is 108 Å². The predicted molar refractivity (Wildman–Crippen MR) is 272 cm³/mol. The molecule has 0 bridgehead atoms. The second-order valence-corrected chi connectivity index (χ2v) is 24.3. The minimum absolute atomic E-state index is 0.0105. The number of ether oxygens (including phenoxy) is 6. The van der Waals surface area contributed by atoms with Crippen LogP contribution in [0.3, 0.4) is 0 Å².